The standard InChI is InChI=1S/C19H24IN3S/c20-24-23-19(16-10-5-2-6-11-16)18(15-8-3-1-4-9-15)22-14-17-12-7-13-21-17/h1-6,8-11,17-19,21-23H,7,12-14H2/t17-,18+,19+/m0/s1. The van der Waals surface area contributed by atoms with Crippen molar-refractivity contribution in [2.45, 2.75) is 31.0 Å². The lowest BCUT2D eigenvalue weighted by Gasteiger charge is -2.30. The molecule has 3 rings (SSSR count). The SMILES string of the molecule is ISN[C@H](c1ccccc1)[C@H](NC[C@@H]1CCCN1)c1ccccc1. The van der Waals surface area contributed by atoms with Gasteiger partial charge in [0.1, 0.15) is 0 Å². The van der Waals surface area contributed by atoms with Crippen LogP contribution in [0.15, 0.2) is 60.7 Å². The number of benzene rings is 2. The van der Waals surface area contributed by atoms with Crippen molar-refractivity contribution in [3.63, 3.8) is 0 Å². The molecule has 3 nitrogen and oxygen atoms in total. The first-order chi connectivity index (χ1) is 11.9. The van der Waals surface area contributed by atoms with Crippen LogP contribution in [-0.2, 0) is 0 Å². The minimum absolute atomic E-state index is 0.219. The number of nitrogens with one attached hydrogen (secondary N) is 3. The van der Waals surface area contributed by atoms with E-state index in [1.54, 1.807) is 9.12 Å². The van der Waals surface area contributed by atoms with Gasteiger partial charge in [0.05, 0.1) is 12.1 Å². The van der Waals surface area contributed by atoms with Crippen LogP contribution in [0, 0.1) is 0 Å². The molecule has 2 aromatic rings. The summed E-state index contributed by atoms with van der Waals surface area (Å²) in [5, 5.41) is 7.40. The molecule has 1 aliphatic heterocycles. The van der Waals surface area contributed by atoms with Crippen LogP contribution < -0.4 is 15.4 Å². The minimum Gasteiger partial charge on any atom is -0.313 e. The fourth-order valence-corrected chi connectivity index (χ4v) is 4.52. The van der Waals surface area contributed by atoms with Crippen LogP contribution in [0.5, 0.6) is 0 Å². The molecule has 0 bridgehead atoms. The van der Waals surface area contributed by atoms with Crippen LogP contribution in [0.2, 0.25) is 0 Å². The first-order valence-electron chi connectivity index (χ1n) is 8.48. The molecule has 3 atom stereocenters. The van der Waals surface area contributed by atoms with Crippen molar-refractivity contribution >= 4 is 30.3 Å². The smallest absolute Gasteiger partial charge is 0.0623 e. The molecule has 0 saturated carbocycles. The molecule has 1 aliphatic rings. The Morgan fingerprint density at radius 2 is 1.62 bits per heavy atom. The Hall–Kier alpha value is -0.600. The maximum absolute atomic E-state index is 3.82. The van der Waals surface area contributed by atoms with Gasteiger partial charge in [0.25, 0.3) is 0 Å². The fourth-order valence-electron chi connectivity index (χ4n) is 3.33. The zero-order valence-corrected chi connectivity index (χ0v) is 16.6. The summed E-state index contributed by atoms with van der Waals surface area (Å²) in [6.07, 6.45) is 2.55. The highest BCUT2D eigenvalue weighted by atomic mass is 127. The second kappa shape index (κ2) is 9.77. The van der Waals surface area contributed by atoms with Gasteiger partial charge in [-0.3, -0.25) is 0 Å². The number of hydrogen-bond acceptors (Lipinski definition) is 4. The molecule has 2 aromatic carbocycles. The summed E-state index contributed by atoms with van der Waals surface area (Å²) in [4.78, 5) is 0. The summed E-state index contributed by atoms with van der Waals surface area (Å²) in [5.74, 6) is 0. The van der Waals surface area contributed by atoms with Gasteiger partial charge in [-0.05, 0) is 39.6 Å². The van der Waals surface area contributed by atoms with E-state index in [4.69, 9.17) is 0 Å². The molecule has 0 aromatic heterocycles. The third-order valence-electron chi connectivity index (χ3n) is 4.57. The lowest BCUT2D eigenvalue weighted by Crippen LogP contribution is -2.40. The van der Waals surface area contributed by atoms with Crippen molar-refractivity contribution in [1.29, 1.82) is 0 Å². The number of hydrogen-bond donors (Lipinski definition) is 3. The van der Waals surface area contributed by atoms with Gasteiger partial charge in [0, 0.05) is 33.8 Å². The maximum Gasteiger partial charge on any atom is 0.0623 e. The van der Waals surface area contributed by atoms with Crippen LogP contribution in [0.4, 0.5) is 0 Å². The predicted octanol–water partition coefficient (Wildman–Crippen LogP) is 4.40. The van der Waals surface area contributed by atoms with E-state index in [0.29, 0.717) is 6.04 Å². The Labute approximate surface area is 161 Å². The summed E-state index contributed by atoms with van der Waals surface area (Å²) in [6.45, 7) is 2.14. The highest BCUT2D eigenvalue weighted by molar-refractivity contribution is 14.2. The van der Waals surface area contributed by atoms with Crippen LogP contribution >= 0.6 is 30.3 Å². The quantitative estimate of drug-likeness (QED) is 0.409. The lowest BCUT2D eigenvalue weighted by atomic mass is 9.94. The van der Waals surface area contributed by atoms with Crippen molar-refractivity contribution in [1.82, 2.24) is 15.4 Å². The number of halogens is 1. The van der Waals surface area contributed by atoms with E-state index < -0.39 is 0 Å². The Kier molecular flexibility index (Phi) is 7.41. The van der Waals surface area contributed by atoms with Gasteiger partial charge in [-0.15, -0.1) is 0 Å². The number of rotatable bonds is 8. The Morgan fingerprint density at radius 3 is 2.17 bits per heavy atom. The average molecular weight is 453 g/mol. The molecule has 0 radical (unpaired) electrons. The summed E-state index contributed by atoms with van der Waals surface area (Å²) < 4.78 is 3.59. The summed E-state index contributed by atoms with van der Waals surface area (Å²) in [6, 6.07) is 22.5. The van der Waals surface area contributed by atoms with Gasteiger partial charge in [-0.2, -0.15) is 0 Å². The maximum atomic E-state index is 3.82. The minimum atomic E-state index is 0.219. The second-order valence-electron chi connectivity index (χ2n) is 6.17. The molecule has 0 amide bonds. The Morgan fingerprint density at radius 1 is 1.00 bits per heavy atom. The molecular weight excluding hydrogens is 429 g/mol. The summed E-state index contributed by atoms with van der Waals surface area (Å²) in [7, 11) is 1.65. The first-order valence-corrected chi connectivity index (χ1v) is 11.8. The molecule has 5 heteroatoms. The van der Waals surface area contributed by atoms with Gasteiger partial charge < -0.3 is 10.6 Å². The van der Waals surface area contributed by atoms with Crippen molar-refractivity contribution in [2.75, 3.05) is 13.1 Å². The largest absolute Gasteiger partial charge is 0.313 e. The Bertz CT molecular complexity index is 590. The third-order valence-corrected chi connectivity index (χ3v) is 5.67. The predicted molar refractivity (Wildman–Crippen MR) is 112 cm³/mol. The summed E-state index contributed by atoms with van der Waals surface area (Å²) in [5.41, 5.74) is 2.63. The zero-order chi connectivity index (χ0) is 16.6. The molecule has 0 spiro atoms. The molecule has 1 saturated heterocycles. The van der Waals surface area contributed by atoms with Gasteiger partial charge in [0.15, 0.2) is 0 Å². The fraction of sp³-hybridized carbons (Fsp3) is 0.368. The molecular formula is C19H24IN3S. The molecule has 1 fully saturated rings. The van der Waals surface area contributed by atoms with E-state index in [2.05, 4.69) is 97.2 Å². The monoisotopic (exact) mass is 453 g/mol. The van der Waals surface area contributed by atoms with E-state index in [9.17, 15) is 0 Å². The highest BCUT2D eigenvalue weighted by Crippen LogP contribution is 2.31. The van der Waals surface area contributed by atoms with Crippen molar-refractivity contribution in [2.24, 2.45) is 0 Å². The van der Waals surface area contributed by atoms with E-state index in [1.165, 1.54) is 24.0 Å². The molecule has 0 unspecified atom stereocenters. The highest BCUT2D eigenvalue weighted by Gasteiger charge is 2.25. The van der Waals surface area contributed by atoms with Crippen LogP contribution in [0.3, 0.4) is 0 Å². The van der Waals surface area contributed by atoms with Crippen molar-refractivity contribution in [3.05, 3.63) is 71.8 Å². The van der Waals surface area contributed by atoms with Gasteiger partial charge >= 0.3 is 0 Å². The normalized spacial score (nSPS) is 20.0. The van der Waals surface area contributed by atoms with Gasteiger partial charge in [-0.1, -0.05) is 60.7 Å². The topological polar surface area (TPSA) is 36.1 Å². The second-order valence-corrected chi connectivity index (χ2v) is 7.88. The van der Waals surface area contributed by atoms with Crippen molar-refractivity contribution in [3.8, 4) is 0 Å². The van der Waals surface area contributed by atoms with Crippen LogP contribution in [-0.4, -0.2) is 19.1 Å². The molecule has 0 aliphatic carbocycles. The third kappa shape index (κ3) is 4.95. The van der Waals surface area contributed by atoms with Crippen LogP contribution in [0.25, 0.3) is 0 Å². The molecule has 128 valence electrons. The van der Waals surface area contributed by atoms with E-state index in [-0.39, 0.29) is 12.1 Å². The summed E-state index contributed by atoms with van der Waals surface area (Å²) >= 11 is 2.31. The van der Waals surface area contributed by atoms with E-state index in [1.807, 2.05) is 0 Å². The Balaban J connectivity index is 1.83. The van der Waals surface area contributed by atoms with Gasteiger partial charge in [0.2, 0.25) is 0 Å². The molecule has 3 N–H and O–H groups in total. The van der Waals surface area contributed by atoms with E-state index in [0.717, 1.165) is 13.1 Å². The van der Waals surface area contributed by atoms with Gasteiger partial charge in [-0.25, -0.2) is 4.72 Å². The van der Waals surface area contributed by atoms with E-state index >= 15 is 0 Å². The average Bonchev–Trinajstić information content (AvgIpc) is 3.16. The lowest BCUT2D eigenvalue weighted by molar-refractivity contribution is 0.408. The molecule has 1 heterocycles. The first kappa shape index (κ1) is 18.2. The van der Waals surface area contributed by atoms with Crippen molar-refractivity contribution < 1.29 is 0 Å². The molecule has 24 heavy (non-hydrogen) atoms. The van der Waals surface area contributed by atoms with Crippen LogP contribution in [0.1, 0.15) is 36.1 Å². The zero-order valence-electron chi connectivity index (χ0n) is 13.6.